The van der Waals surface area contributed by atoms with Crippen LogP contribution in [0.5, 0.6) is 0 Å². The van der Waals surface area contributed by atoms with Gasteiger partial charge in [-0.15, -0.1) is 0 Å². The van der Waals surface area contributed by atoms with Crippen LogP contribution in [0.15, 0.2) is 16.8 Å². The van der Waals surface area contributed by atoms with Crippen LogP contribution in [-0.2, 0) is 11.6 Å². The average molecular weight is 418 g/mol. The first-order valence-corrected chi connectivity index (χ1v) is 9.40. The lowest BCUT2D eigenvalue weighted by Gasteiger charge is -2.37. The van der Waals surface area contributed by atoms with Crippen molar-refractivity contribution in [3.05, 3.63) is 34.6 Å². The van der Waals surface area contributed by atoms with Gasteiger partial charge in [0.15, 0.2) is 5.82 Å². The molecule has 0 aromatic carbocycles. The number of pyridine rings is 1. The zero-order chi connectivity index (χ0) is 20.7. The monoisotopic (exact) mass is 417 g/mol. The fraction of sp³-hybridized carbons (Fsp3) is 0.611. The van der Waals surface area contributed by atoms with Crippen LogP contribution in [0.1, 0.15) is 51.0 Å². The number of halogens is 4. The Labute approximate surface area is 166 Å². The molecule has 154 valence electrons. The second kappa shape index (κ2) is 7.51. The summed E-state index contributed by atoms with van der Waals surface area (Å²) < 4.78 is 43.8. The van der Waals surface area contributed by atoms with E-state index in [0.717, 1.165) is 12.3 Å². The van der Waals surface area contributed by atoms with E-state index in [9.17, 15) is 13.2 Å². The van der Waals surface area contributed by atoms with Gasteiger partial charge >= 0.3 is 6.18 Å². The van der Waals surface area contributed by atoms with E-state index >= 15 is 0 Å². The second-order valence-electron chi connectivity index (χ2n) is 7.93. The first-order valence-electron chi connectivity index (χ1n) is 9.02. The van der Waals surface area contributed by atoms with Gasteiger partial charge in [-0.3, -0.25) is 4.90 Å². The molecule has 0 saturated carbocycles. The Hall–Kier alpha value is -1.87. The second-order valence-corrected chi connectivity index (χ2v) is 8.34. The van der Waals surface area contributed by atoms with Crippen molar-refractivity contribution >= 4 is 17.4 Å². The lowest BCUT2D eigenvalue weighted by molar-refractivity contribution is -0.137. The molecule has 10 heteroatoms. The summed E-state index contributed by atoms with van der Waals surface area (Å²) in [7, 11) is 0. The van der Waals surface area contributed by atoms with Gasteiger partial charge in [0, 0.05) is 37.8 Å². The van der Waals surface area contributed by atoms with Crippen molar-refractivity contribution in [3.63, 3.8) is 0 Å². The molecule has 0 N–H and O–H groups in total. The van der Waals surface area contributed by atoms with Crippen molar-refractivity contribution in [1.29, 1.82) is 0 Å². The van der Waals surface area contributed by atoms with Crippen LogP contribution in [0.2, 0.25) is 5.02 Å². The van der Waals surface area contributed by atoms with Crippen LogP contribution in [0.25, 0.3) is 0 Å². The maximum Gasteiger partial charge on any atom is 0.417 e. The van der Waals surface area contributed by atoms with Crippen LogP contribution in [-0.4, -0.2) is 46.2 Å². The standard InChI is InChI=1S/C18H23ClF3N5O/c1-11(15-24-16(25-28-15)17(2,3)4)26-5-7-27(8-6-26)14-13(19)9-12(10-23-14)18(20,21)22/h9-11H,5-8H2,1-4H3. The summed E-state index contributed by atoms with van der Waals surface area (Å²) in [5.41, 5.74) is -1.04. The zero-order valence-corrected chi connectivity index (χ0v) is 17.0. The van der Waals surface area contributed by atoms with Crippen LogP contribution in [0.4, 0.5) is 19.0 Å². The molecule has 0 aliphatic carbocycles. The summed E-state index contributed by atoms with van der Waals surface area (Å²) in [6, 6.07) is 0.868. The van der Waals surface area contributed by atoms with Crippen molar-refractivity contribution in [1.82, 2.24) is 20.0 Å². The summed E-state index contributed by atoms with van der Waals surface area (Å²) in [6.45, 7) is 10.6. The molecule has 0 amide bonds. The normalized spacial score (nSPS) is 17.8. The van der Waals surface area contributed by atoms with Crippen molar-refractivity contribution in [2.45, 2.75) is 45.3 Å². The van der Waals surface area contributed by atoms with E-state index in [-0.39, 0.29) is 16.5 Å². The van der Waals surface area contributed by atoms with Gasteiger partial charge in [0.25, 0.3) is 0 Å². The number of nitrogens with zero attached hydrogens (tertiary/aromatic N) is 5. The Morgan fingerprint density at radius 1 is 1.14 bits per heavy atom. The molecule has 3 heterocycles. The SMILES string of the molecule is CC(c1nc(C(C)(C)C)no1)N1CCN(c2ncc(C(F)(F)F)cc2Cl)CC1. The largest absolute Gasteiger partial charge is 0.417 e. The summed E-state index contributed by atoms with van der Waals surface area (Å²) >= 11 is 6.06. The van der Waals surface area contributed by atoms with Crippen molar-refractivity contribution in [2.75, 3.05) is 31.1 Å². The Morgan fingerprint density at radius 2 is 1.79 bits per heavy atom. The van der Waals surface area contributed by atoms with E-state index in [1.807, 2.05) is 32.6 Å². The van der Waals surface area contributed by atoms with Gasteiger partial charge in [-0.2, -0.15) is 18.2 Å². The molecule has 1 fully saturated rings. The molecule has 3 rings (SSSR count). The topological polar surface area (TPSA) is 58.3 Å². The van der Waals surface area contributed by atoms with E-state index in [4.69, 9.17) is 16.1 Å². The molecular weight excluding hydrogens is 395 g/mol. The van der Waals surface area contributed by atoms with E-state index < -0.39 is 11.7 Å². The predicted octanol–water partition coefficient (Wildman–Crippen LogP) is 4.32. The lowest BCUT2D eigenvalue weighted by atomic mass is 9.96. The fourth-order valence-electron chi connectivity index (χ4n) is 3.01. The molecule has 28 heavy (non-hydrogen) atoms. The molecule has 1 saturated heterocycles. The molecule has 0 radical (unpaired) electrons. The summed E-state index contributed by atoms with van der Waals surface area (Å²) in [4.78, 5) is 12.5. The van der Waals surface area contributed by atoms with Gasteiger partial charge in [0.1, 0.15) is 5.82 Å². The minimum absolute atomic E-state index is 0.00282. The van der Waals surface area contributed by atoms with Crippen LogP contribution in [0, 0.1) is 0 Å². The molecule has 1 aliphatic rings. The van der Waals surface area contributed by atoms with Crippen molar-refractivity contribution in [2.24, 2.45) is 0 Å². The van der Waals surface area contributed by atoms with Crippen LogP contribution in [0.3, 0.4) is 0 Å². The number of piperazine rings is 1. The summed E-state index contributed by atoms with van der Waals surface area (Å²) in [6.07, 6.45) is -3.64. The zero-order valence-electron chi connectivity index (χ0n) is 16.2. The smallest absolute Gasteiger partial charge is 0.353 e. The fourth-order valence-corrected chi connectivity index (χ4v) is 3.29. The van der Waals surface area contributed by atoms with Crippen molar-refractivity contribution < 1.29 is 17.7 Å². The Morgan fingerprint density at radius 3 is 2.29 bits per heavy atom. The molecule has 1 atom stereocenters. The average Bonchev–Trinajstić information content (AvgIpc) is 3.11. The first kappa shape index (κ1) is 20.9. The van der Waals surface area contributed by atoms with Gasteiger partial charge in [0.2, 0.25) is 5.89 Å². The van der Waals surface area contributed by atoms with E-state index in [1.165, 1.54) is 0 Å². The predicted molar refractivity (Wildman–Crippen MR) is 99.4 cm³/mol. The third kappa shape index (κ3) is 4.41. The first-order chi connectivity index (χ1) is 13.0. The number of aromatic nitrogens is 3. The van der Waals surface area contributed by atoms with E-state index in [0.29, 0.717) is 43.7 Å². The molecule has 1 aliphatic heterocycles. The number of rotatable bonds is 3. The van der Waals surface area contributed by atoms with Gasteiger partial charge in [-0.1, -0.05) is 37.5 Å². The number of anilines is 1. The maximum absolute atomic E-state index is 12.8. The summed E-state index contributed by atoms with van der Waals surface area (Å²) in [5.74, 6) is 1.59. The highest BCUT2D eigenvalue weighted by atomic mass is 35.5. The maximum atomic E-state index is 12.8. The van der Waals surface area contributed by atoms with Crippen LogP contribution >= 0.6 is 11.6 Å². The molecule has 1 unspecified atom stereocenters. The molecule has 0 spiro atoms. The molecule has 2 aromatic rings. The summed E-state index contributed by atoms with van der Waals surface area (Å²) in [5, 5.41) is 4.07. The Balaban J connectivity index is 1.65. The number of alkyl halides is 3. The minimum atomic E-state index is -4.46. The third-order valence-corrected chi connectivity index (χ3v) is 5.06. The third-order valence-electron chi connectivity index (χ3n) is 4.78. The molecule has 0 bridgehead atoms. The Bertz CT molecular complexity index is 825. The minimum Gasteiger partial charge on any atom is -0.353 e. The highest BCUT2D eigenvalue weighted by Gasteiger charge is 2.33. The molecule has 6 nitrogen and oxygen atoms in total. The highest BCUT2D eigenvalue weighted by Crippen LogP contribution is 2.34. The van der Waals surface area contributed by atoms with Crippen LogP contribution < -0.4 is 4.90 Å². The van der Waals surface area contributed by atoms with Gasteiger partial charge in [-0.05, 0) is 13.0 Å². The van der Waals surface area contributed by atoms with Crippen molar-refractivity contribution in [3.8, 4) is 0 Å². The lowest BCUT2D eigenvalue weighted by Crippen LogP contribution is -2.47. The van der Waals surface area contributed by atoms with E-state index in [2.05, 4.69) is 20.0 Å². The Kier molecular flexibility index (Phi) is 5.60. The molecule has 2 aromatic heterocycles. The molecular formula is C18H23ClF3N5O. The van der Waals surface area contributed by atoms with Gasteiger partial charge in [-0.25, -0.2) is 4.98 Å². The van der Waals surface area contributed by atoms with E-state index in [1.54, 1.807) is 0 Å². The number of hydrogen-bond acceptors (Lipinski definition) is 6. The quantitative estimate of drug-likeness (QED) is 0.741. The highest BCUT2D eigenvalue weighted by molar-refractivity contribution is 6.33. The number of hydrogen-bond donors (Lipinski definition) is 0. The van der Waals surface area contributed by atoms with Gasteiger partial charge < -0.3 is 9.42 Å². The van der Waals surface area contributed by atoms with Gasteiger partial charge in [0.05, 0.1) is 16.6 Å².